The number of anilines is 1. The fourth-order valence-corrected chi connectivity index (χ4v) is 17.6. The predicted octanol–water partition coefficient (Wildman–Crippen LogP) is 1.72. The summed E-state index contributed by atoms with van der Waals surface area (Å²) in [4.78, 5) is 135. The number of aryl methyl sites for hydroxylation is 1. The van der Waals surface area contributed by atoms with Gasteiger partial charge in [-0.25, -0.2) is 15.0 Å². The van der Waals surface area contributed by atoms with E-state index in [4.69, 9.17) is 83.7 Å². The summed E-state index contributed by atoms with van der Waals surface area (Å²) in [5, 5.41) is 49.0. The van der Waals surface area contributed by atoms with E-state index in [9.17, 15) is 63.4 Å². The van der Waals surface area contributed by atoms with Gasteiger partial charge in [-0.1, -0.05) is 58.4 Å². The quantitative estimate of drug-likeness (QED) is 0.0364. The van der Waals surface area contributed by atoms with E-state index in [-0.39, 0.29) is 99.8 Å². The summed E-state index contributed by atoms with van der Waals surface area (Å²) in [5.41, 5.74) is 40.9. The first-order chi connectivity index (χ1) is 49.0. The second-order valence-electron chi connectivity index (χ2n) is 30.0. The van der Waals surface area contributed by atoms with Crippen molar-refractivity contribution < 1.29 is 103 Å². The molecule has 19 N–H and O–H groups in total. The number of benzene rings is 1. The minimum absolute atomic E-state index is 0. The van der Waals surface area contributed by atoms with Crippen molar-refractivity contribution in [2.45, 2.75) is 207 Å². The van der Waals surface area contributed by atoms with E-state index >= 15 is 0 Å². The number of amides is 7. The van der Waals surface area contributed by atoms with Crippen LogP contribution in [0.3, 0.4) is 0 Å². The molecule has 10 rings (SSSR count). The first-order valence-corrected chi connectivity index (χ1v) is 36.2. The second kappa shape index (κ2) is 32.5. The van der Waals surface area contributed by atoms with Crippen molar-refractivity contribution >= 4 is 83.3 Å². The van der Waals surface area contributed by atoms with E-state index in [1.165, 1.54) is 24.1 Å². The number of hydrogen-bond donors (Lipinski definition) is 12. The fraction of sp³-hybridized carbons (Fsp3) is 0.600. The number of carbonyl (C=O) groups is 7. The number of imidazole rings is 1. The van der Waals surface area contributed by atoms with Crippen LogP contribution >= 0.6 is 7.82 Å². The zero-order valence-electron chi connectivity index (χ0n) is 60.9. The Kier molecular flexibility index (Phi) is 25.6. The van der Waals surface area contributed by atoms with Crippen molar-refractivity contribution in [3.8, 4) is 5.75 Å². The molecule has 0 saturated carbocycles. The van der Waals surface area contributed by atoms with Crippen LogP contribution in [0.25, 0.3) is 16.5 Å². The van der Waals surface area contributed by atoms with Crippen molar-refractivity contribution in [2.24, 2.45) is 94.7 Å². The zero-order valence-corrected chi connectivity index (χ0v) is 62.9. The Labute approximate surface area is 623 Å². The number of aliphatic hydroxyl groups excluding tert-OH is 4. The van der Waals surface area contributed by atoms with Crippen molar-refractivity contribution in [1.82, 2.24) is 24.8 Å². The van der Waals surface area contributed by atoms with Crippen LogP contribution in [0, 0.1) is 59.2 Å². The molecule has 2 aromatic heterocycles. The van der Waals surface area contributed by atoms with E-state index in [0.29, 0.717) is 62.3 Å². The number of nitrogens with two attached hydrogens (primary N) is 7. The van der Waals surface area contributed by atoms with Gasteiger partial charge in [0, 0.05) is 125 Å². The number of ether oxygens (including phenoxy) is 3. The molecule has 8 bridgehead atoms. The number of primary amides is 6. The van der Waals surface area contributed by atoms with Gasteiger partial charge in [0.2, 0.25) is 47.6 Å². The molecule has 583 valence electrons. The van der Waals surface area contributed by atoms with Crippen LogP contribution in [0.2, 0.25) is 0 Å². The molecular formula is C70H98CoN16O18P-3. The maximum Gasteiger partial charge on any atom is 0.268 e. The maximum absolute atomic E-state index is 14.3. The number of phosphoric ester groups is 1. The van der Waals surface area contributed by atoms with Crippen LogP contribution in [0.4, 0.5) is 5.82 Å². The van der Waals surface area contributed by atoms with Gasteiger partial charge >= 0.3 is 0 Å². The van der Waals surface area contributed by atoms with Gasteiger partial charge < -0.3 is 106 Å². The van der Waals surface area contributed by atoms with E-state index in [2.05, 4.69) is 27.2 Å². The molecule has 7 amide bonds. The summed E-state index contributed by atoms with van der Waals surface area (Å²) in [6.45, 7) is 20.5. The topological polar surface area (TPSA) is 576 Å². The Balaban J connectivity index is 0.000000643. The summed E-state index contributed by atoms with van der Waals surface area (Å²) in [5.74, 6) is -6.85. The molecule has 7 aliphatic rings. The minimum Gasteiger partial charge on any atom is -0.756 e. The summed E-state index contributed by atoms with van der Waals surface area (Å²) >= 11 is 0. The molecule has 1 radical (unpaired) electrons. The smallest absolute Gasteiger partial charge is 0.268 e. The Morgan fingerprint density at radius 2 is 1.38 bits per heavy atom. The molecule has 106 heavy (non-hydrogen) atoms. The van der Waals surface area contributed by atoms with Crippen molar-refractivity contribution in [3.05, 3.63) is 89.0 Å². The monoisotopic (exact) mass is 1540 g/mol. The molecule has 9 heterocycles. The van der Waals surface area contributed by atoms with Crippen molar-refractivity contribution in [1.29, 1.82) is 0 Å². The van der Waals surface area contributed by atoms with E-state index in [1.54, 1.807) is 38.1 Å². The van der Waals surface area contributed by atoms with Crippen molar-refractivity contribution in [2.75, 3.05) is 18.9 Å². The molecule has 3 aromatic rings. The number of allylic oxidation sites excluding steroid dienone is 6. The average Bonchev–Trinajstić information content (AvgIpc) is 1.53. The molecule has 0 spiro atoms. The van der Waals surface area contributed by atoms with Gasteiger partial charge in [0.05, 0.1) is 36.4 Å². The predicted molar refractivity (Wildman–Crippen MR) is 380 cm³/mol. The Hall–Kier alpha value is -7.93. The molecule has 1 unspecified atom stereocenters. The van der Waals surface area contributed by atoms with Gasteiger partial charge in [-0.2, -0.15) is 5.70 Å². The number of nitrogens with one attached hydrogen (secondary N) is 1. The molecule has 34 nitrogen and oxygen atoms in total. The summed E-state index contributed by atoms with van der Waals surface area (Å²) in [6.07, 6.45) is -7.47. The standard InChI is InChI=1S/C60H88N11O15P.C10H12N5O3.Co/c1-29-11-13-33(14-12-29)83-55-50(80)51(39(28-72)84-55)86-87(81,82)85-30(2)27-67-47(79)21-22-57(7)37(23-44(64)76)54-60(10)59(9,26-46(66)78)36(17-20-43(63)75)49(71-60)32(4)53-58(8,25-45(65)77)34(15-18-41(61)73)38(68-53)24-40-56(5,6)35(16-19-42(62)74)48(69-40)31(3)52(57)70-54;1-4-6(16)7(17)10(18-4)15-3-14-5-8(11)12-2-13-9(5)15;/h11-14,24,30,34-37,39,50-51,54-55,72,80H,15-23,25-28H2,1-10H3,(H15,61,62,63,64,65,66,67,68,69,70,71,73,74,75,76,77,78,79,81,82);2-4,6-7,10,16-17H,1H2,(H2,11,12,13);/q;-1;/p-2/t30-,34-,35-,36-,37+,39-,50-,51-,54-,55+,57-,58+,59+,60+;4-,6-,7-,10-;/m11./s1. The number of nitrogen functional groups attached to an aromatic ring is 1. The Morgan fingerprint density at radius 3 is 1.95 bits per heavy atom. The second-order valence-corrected chi connectivity index (χ2v) is 31.3. The van der Waals surface area contributed by atoms with Gasteiger partial charge in [0.25, 0.3) is 7.82 Å². The first-order valence-electron chi connectivity index (χ1n) is 34.7. The minimum atomic E-state index is -5.30. The number of rotatable bonds is 28. The van der Waals surface area contributed by atoms with Crippen LogP contribution < -0.4 is 55.1 Å². The fourth-order valence-electron chi connectivity index (χ4n) is 16.5. The summed E-state index contributed by atoms with van der Waals surface area (Å²) in [7, 11) is -5.30. The van der Waals surface area contributed by atoms with Crippen LogP contribution in [-0.2, 0) is 73.4 Å². The van der Waals surface area contributed by atoms with E-state index in [1.807, 2.05) is 54.5 Å². The zero-order chi connectivity index (χ0) is 77.5. The molecule has 3 fully saturated rings. The average molecular weight is 1540 g/mol. The Bertz CT molecular complexity index is 4150. The SMILES string of the molecule is C/C1=C2/[N-][C@H]([C@H](CC(N)=O)[C@@]2(C)CCC(=O)NC[C@@H](C)OP(=O)([O-])O[C@H]2[C@@H](O)[C@@H](Oc3ccc(C)cc3)O[C@@H]2CO)[C@]2(C)N=C(/C(C)=C3N=C(/C=C4N=C1[C@@H](CCC(N)=O)C\4(C)C)[C@@H](CCC(N)=O)[C@]\3(C)CC(N)=O)[C@@H](CCC(N)=O)[C@]2(C)CC(N)=O.[CH2-][C@H]1O[C@@H](n2cnc3c(N)ncnc32)[C@H](O)[C@@H]1O.[Co]. The van der Waals surface area contributed by atoms with Crippen LogP contribution in [0.5, 0.6) is 5.75 Å². The third kappa shape index (κ3) is 16.8. The number of phosphoric acid groups is 1. The molecule has 7 aliphatic heterocycles. The number of aromatic nitrogens is 4. The molecule has 36 heteroatoms. The van der Waals surface area contributed by atoms with Gasteiger partial charge in [-0.15, -0.1) is 0 Å². The van der Waals surface area contributed by atoms with Gasteiger partial charge in [0.1, 0.15) is 42.0 Å². The number of aliphatic hydroxyl groups is 4. The largest absolute Gasteiger partial charge is 0.756 e. The van der Waals surface area contributed by atoms with Crippen LogP contribution in [0.1, 0.15) is 145 Å². The van der Waals surface area contributed by atoms with Crippen LogP contribution in [-0.4, -0.2) is 172 Å². The number of nitrogens with zero attached hydrogens (tertiary/aromatic N) is 8. The maximum atomic E-state index is 14.3. The molecule has 0 aliphatic carbocycles. The van der Waals surface area contributed by atoms with Gasteiger partial charge in [-0.05, 0) is 107 Å². The normalized spacial score (nSPS) is 34.1. The number of aliphatic imine (C=N–C) groups is 3. The molecular weight excluding hydrogens is 1440 g/mol. The third-order valence-electron chi connectivity index (χ3n) is 22.3. The summed E-state index contributed by atoms with van der Waals surface area (Å²) in [6, 6.07) is 5.71. The van der Waals surface area contributed by atoms with Gasteiger partial charge in [0.15, 0.2) is 17.7 Å². The van der Waals surface area contributed by atoms with E-state index in [0.717, 1.165) is 5.56 Å². The number of hydrogen-bond acceptors (Lipinski definition) is 25. The third-order valence-corrected chi connectivity index (χ3v) is 23.4. The molecule has 1 aromatic carbocycles. The number of fused-ring (bicyclic) bond motifs is 7. The van der Waals surface area contributed by atoms with Crippen molar-refractivity contribution in [3.63, 3.8) is 0 Å². The first kappa shape index (κ1) is 83.7. The summed E-state index contributed by atoms with van der Waals surface area (Å²) < 4.78 is 42.2. The Morgan fingerprint density at radius 1 is 0.764 bits per heavy atom. The molecule has 3 saturated heterocycles. The molecule has 19 atom stereocenters. The van der Waals surface area contributed by atoms with Crippen LogP contribution in [0.15, 0.2) is 86.2 Å². The van der Waals surface area contributed by atoms with Gasteiger partial charge in [-0.3, -0.25) is 57.7 Å². The van der Waals surface area contributed by atoms with E-state index < -0.39 is 168 Å². The number of carbonyl (C=O) groups excluding carboxylic acids is 7.